The first kappa shape index (κ1) is 16.4. The Kier molecular flexibility index (Phi) is 3.68. The molecule has 0 radical (unpaired) electrons. The van der Waals surface area contributed by atoms with Gasteiger partial charge in [0.15, 0.2) is 0 Å². The zero-order chi connectivity index (χ0) is 19.2. The van der Waals surface area contributed by atoms with Crippen LogP contribution >= 0.6 is 11.9 Å². The number of allylic oxidation sites excluding steroid dienone is 11. The number of fused-ring (bicyclic) bond motifs is 4. The Morgan fingerprint density at radius 3 is 1.76 bits per heavy atom. The zero-order valence-corrected chi connectivity index (χ0v) is 15.9. The van der Waals surface area contributed by atoms with Gasteiger partial charge in [-0.1, -0.05) is 0 Å². The maximum absolute atomic E-state index is 4.82. The monoisotopic (exact) mass is 394 g/mol. The molecule has 7 heteroatoms. The Bertz CT molecular complexity index is 1250. The van der Waals surface area contributed by atoms with Crippen LogP contribution in [0, 0.1) is 0 Å². The van der Waals surface area contributed by atoms with Gasteiger partial charge in [0.05, 0.1) is 51.3 Å². The highest BCUT2D eigenvalue weighted by Gasteiger charge is 2.21. The van der Waals surface area contributed by atoms with Crippen LogP contribution in [0.2, 0.25) is 0 Å². The second-order valence-electron chi connectivity index (χ2n) is 6.82. The first-order chi connectivity index (χ1) is 14.3. The Hall–Kier alpha value is -3.55. The maximum Gasteiger partial charge on any atom is 0.0753 e. The van der Waals surface area contributed by atoms with Gasteiger partial charge in [0.2, 0.25) is 0 Å². The quantitative estimate of drug-likeness (QED) is 0.668. The molecule has 0 aromatic heterocycles. The van der Waals surface area contributed by atoms with Crippen LogP contribution in [0.1, 0.15) is 0 Å². The summed E-state index contributed by atoms with van der Waals surface area (Å²) in [6, 6.07) is 0. The molecule has 0 aliphatic carbocycles. The smallest absolute Gasteiger partial charge is 0.0753 e. The summed E-state index contributed by atoms with van der Waals surface area (Å²) in [7, 11) is 0. The van der Waals surface area contributed by atoms with Crippen LogP contribution in [0.3, 0.4) is 0 Å². The predicted molar refractivity (Wildman–Crippen MR) is 120 cm³/mol. The molecule has 0 amide bonds. The number of nitrogens with zero attached hydrogens (tertiary/aromatic N) is 4. The maximum atomic E-state index is 4.82. The van der Waals surface area contributed by atoms with Crippen molar-refractivity contribution >= 4 is 34.8 Å². The topological polar surface area (TPSA) is 73.5 Å². The van der Waals surface area contributed by atoms with Gasteiger partial charge in [0, 0.05) is 11.0 Å². The summed E-state index contributed by atoms with van der Waals surface area (Å²) < 4.78 is 0. The Labute approximate surface area is 171 Å². The molecule has 0 saturated heterocycles. The summed E-state index contributed by atoms with van der Waals surface area (Å²) in [6.45, 7) is 0. The van der Waals surface area contributed by atoms with E-state index in [-0.39, 0.29) is 0 Å². The van der Waals surface area contributed by atoms with Crippen molar-refractivity contribution in [3.63, 3.8) is 0 Å². The normalized spacial score (nSPS) is 23.4. The molecule has 2 N–H and O–H groups in total. The van der Waals surface area contributed by atoms with Crippen molar-refractivity contribution in [1.29, 1.82) is 0 Å². The van der Waals surface area contributed by atoms with E-state index in [1.165, 1.54) is 11.9 Å². The van der Waals surface area contributed by atoms with E-state index in [1.807, 2.05) is 66.2 Å². The SMILES string of the molecule is C1=CC2=NC1=CC1=NC(=CC3=NC(=CC4=NC(=C2)C=C4)C(C2=CSNN2)=C3)C=C1. The van der Waals surface area contributed by atoms with Crippen LogP contribution in [-0.4, -0.2) is 22.8 Å². The molecule has 0 fully saturated rings. The Morgan fingerprint density at radius 2 is 1.17 bits per heavy atom. The van der Waals surface area contributed by atoms with Gasteiger partial charge in [-0.2, -0.15) is 4.83 Å². The van der Waals surface area contributed by atoms with Crippen molar-refractivity contribution in [2.75, 3.05) is 0 Å². The molecular formula is C22H14N6S. The number of hydrogen-bond donors (Lipinski definition) is 2. The van der Waals surface area contributed by atoms with E-state index < -0.39 is 0 Å². The van der Waals surface area contributed by atoms with Gasteiger partial charge in [0.1, 0.15) is 0 Å². The first-order valence-electron chi connectivity index (χ1n) is 9.14. The third-order valence-corrected chi connectivity index (χ3v) is 5.32. The average molecular weight is 394 g/mol. The summed E-state index contributed by atoms with van der Waals surface area (Å²) >= 11 is 1.50. The number of aliphatic imine (C=N–C) groups is 4. The fraction of sp³-hybridized carbons (Fsp3) is 0. The van der Waals surface area contributed by atoms with Gasteiger partial charge in [0.25, 0.3) is 0 Å². The van der Waals surface area contributed by atoms with Crippen LogP contribution in [-0.2, 0) is 0 Å². The van der Waals surface area contributed by atoms with Gasteiger partial charge in [-0.25, -0.2) is 20.0 Å². The highest BCUT2D eigenvalue weighted by Crippen LogP contribution is 2.30. The minimum Gasteiger partial charge on any atom is -0.310 e. The van der Waals surface area contributed by atoms with Crippen molar-refractivity contribution in [3.05, 3.63) is 106 Å². The molecule has 29 heavy (non-hydrogen) atoms. The van der Waals surface area contributed by atoms with Crippen molar-refractivity contribution in [1.82, 2.24) is 10.3 Å². The molecule has 6 rings (SSSR count). The third kappa shape index (κ3) is 3.16. The van der Waals surface area contributed by atoms with E-state index in [4.69, 9.17) is 9.98 Å². The molecular weight excluding hydrogens is 380 g/mol. The van der Waals surface area contributed by atoms with Gasteiger partial charge < -0.3 is 5.43 Å². The molecule has 8 bridgehead atoms. The summed E-state index contributed by atoms with van der Waals surface area (Å²) in [5, 5.41) is 2.03. The summed E-state index contributed by atoms with van der Waals surface area (Å²) in [6.07, 6.45) is 22.0. The summed E-state index contributed by atoms with van der Waals surface area (Å²) in [5.74, 6) is 0. The van der Waals surface area contributed by atoms with Gasteiger partial charge in [-0.3, -0.25) is 0 Å². The molecule has 6 aliphatic heterocycles. The lowest BCUT2D eigenvalue weighted by Crippen LogP contribution is -2.19. The minimum absolute atomic E-state index is 0.856. The average Bonchev–Trinajstić information content (AvgIpc) is 3.50. The Balaban J connectivity index is 1.50. The summed E-state index contributed by atoms with van der Waals surface area (Å²) in [4.78, 5) is 21.9. The fourth-order valence-corrected chi connectivity index (χ4v) is 3.98. The predicted octanol–water partition coefficient (Wildman–Crippen LogP) is 3.55. The second kappa shape index (κ2) is 6.51. The molecule has 6 heterocycles. The zero-order valence-electron chi connectivity index (χ0n) is 15.1. The van der Waals surface area contributed by atoms with E-state index in [0.717, 1.165) is 56.9 Å². The fourth-order valence-electron chi connectivity index (χ4n) is 3.45. The van der Waals surface area contributed by atoms with Crippen LogP contribution in [0.5, 0.6) is 0 Å². The van der Waals surface area contributed by atoms with E-state index in [9.17, 15) is 0 Å². The van der Waals surface area contributed by atoms with Gasteiger partial charge in [-0.05, 0) is 78.8 Å². The lowest BCUT2D eigenvalue weighted by Gasteiger charge is -2.05. The molecule has 138 valence electrons. The van der Waals surface area contributed by atoms with E-state index in [0.29, 0.717) is 0 Å². The second-order valence-corrected chi connectivity index (χ2v) is 7.49. The van der Waals surface area contributed by atoms with Crippen molar-refractivity contribution < 1.29 is 0 Å². The van der Waals surface area contributed by atoms with E-state index >= 15 is 0 Å². The molecule has 0 saturated carbocycles. The highest BCUT2D eigenvalue weighted by molar-refractivity contribution is 8.00. The first-order valence-corrected chi connectivity index (χ1v) is 10.0. The van der Waals surface area contributed by atoms with Gasteiger partial charge >= 0.3 is 0 Å². The minimum atomic E-state index is 0.856. The largest absolute Gasteiger partial charge is 0.310 e. The van der Waals surface area contributed by atoms with Crippen molar-refractivity contribution in [2.45, 2.75) is 0 Å². The lowest BCUT2D eigenvalue weighted by molar-refractivity contribution is 0.844. The van der Waals surface area contributed by atoms with Crippen molar-refractivity contribution in [3.8, 4) is 0 Å². The van der Waals surface area contributed by atoms with Crippen LogP contribution in [0.25, 0.3) is 0 Å². The number of hydrogen-bond acceptors (Lipinski definition) is 7. The molecule has 0 aromatic carbocycles. The van der Waals surface area contributed by atoms with Crippen LogP contribution < -0.4 is 10.3 Å². The van der Waals surface area contributed by atoms with E-state index in [1.54, 1.807) is 0 Å². The standard InChI is InChI=1S/C22H14N6S/c1-2-14-8-16-5-6-18(25-16)11-21-20(22-12-29-28-27-22)10-19(26-21)9-17-4-3-15(24-17)7-13(1)23-14/h1-12,27-28H. The van der Waals surface area contributed by atoms with Crippen molar-refractivity contribution in [2.24, 2.45) is 20.0 Å². The molecule has 0 aromatic rings. The molecule has 6 nitrogen and oxygen atoms in total. The molecule has 0 spiro atoms. The third-order valence-electron chi connectivity index (χ3n) is 4.75. The lowest BCUT2D eigenvalue weighted by atomic mass is 10.1. The molecule has 0 atom stereocenters. The summed E-state index contributed by atoms with van der Waals surface area (Å²) in [5.41, 5.74) is 12.1. The molecule has 0 unspecified atom stereocenters. The number of nitrogens with one attached hydrogen (secondary N) is 2. The van der Waals surface area contributed by atoms with Crippen LogP contribution in [0.4, 0.5) is 0 Å². The number of rotatable bonds is 1. The molecule has 6 aliphatic rings. The highest BCUT2D eigenvalue weighted by atomic mass is 32.2. The Morgan fingerprint density at radius 1 is 0.586 bits per heavy atom. The number of hydrazine groups is 1. The van der Waals surface area contributed by atoms with Crippen LogP contribution in [0.15, 0.2) is 126 Å². The van der Waals surface area contributed by atoms with E-state index in [2.05, 4.69) is 26.3 Å². The van der Waals surface area contributed by atoms with Gasteiger partial charge in [-0.15, -0.1) is 0 Å².